The van der Waals surface area contributed by atoms with E-state index in [1.54, 1.807) is 6.07 Å². The summed E-state index contributed by atoms with van der Waals surface area (Å²) in [6.45, 7) is 6.24. The van der Waals surface area contributed by atoms with E-state index in [0.29, 0.717) is 5.69 Å². The van der Waals surface area contributed by atoms with Crippen molar-refractivity contribution in [2.24, 2.45) is 0 Å². The number of carbonyl (C=O) groups excluding carboxylic acids is 2. The first-order chi connectivity index (χ1) is 13.1. The number of hydrogen-bond acceptors (Lipinski definition) is 7. The van der Waals surface area contributed by atoms with Gasteiger partial charge in [-0.1, -0.05) is 11.2 Å². The zero-order valence-electron chi connectivity index (χ0n) is 16.2. The number of sulfonamides is 1. The second-order valence-electron chi connectivity index (χ2n) is 6.31. The second-order valence-corrected chi connectivity index (χ2v) is 8.01. The van der Waals surface area contributed by atoms with Crippen molar-refractivity contribution in [3.63, 3.8) is 0 Å². The van der Waals surface area contributed by atoms with E-state index in [1.165, 1.54) is 13.8 Å². The maximum absolute atomic E-state index is 12.2. The molecule has 0 radical (unpaired) electrons. The minimum absolute atomic E-state index is 0.0476. The first-order valence-electron chi connectivity index (χ1n) is 8.55. The normalized spacial score (nSPS) is 11.3. The van der Waals surface area contributed by atoms with Crippen LogP contribution in [-0.2, 0) is 24.3 Å². The molecule has 1 heterocycles. The molecule has 0 saturated heterocycles. The summed E-state index contributed by atoms with van der Waals surface area (Å²) in [5, 5.41) is 6.22. The summed E-state index contributed by atoms with van der Waals surface area (Å²) < 4.78 is 36.4. The molecule has 1 amide bonds. The van der Waals surface area contributed by atoms with Crippen LogP contribution in [0.4, 0.5) is 5.69 Å². The number of hydrogen-bond donors (Lipinski definition) is 2. The molecule has 2 rings (SSSR count). The van der Waals surface area contributed by atoms with E-state index in [4.69, 9.17) is 9.26 Å². The number of ether oxygens (including phenoxy) is 1. The molecule has 1 aromatic heterocycles. The average molecular weight is 409 g/mol. The Morgan fingerprint density at radius 3 is 2.46 bits per heavy atom. The number of nitrogens with one attached hydrogen (secondary N) is 2. The molecule has 0 fully saturated rings. The molecule has 0 unspecified atom stereocenters. The van der Waals surface area contributed by atoms with E-state index in [0.717, 1.165) is 11.1 Å². The maximum atomic E-state index is 12.2. The van der Waals surface area contributed by atoms with Crippen molar-refractivity contribution in [3.05, 3.63) is 40.8 Å². The number of benzene rings is 1. The van der Waals surface area contributed by atoms with E-state index >= 15 is 0 Å². The molecule has 152 valence electrons. The van der Waals surface area contributed by atoms with Gasteiger partial charge in [0.15, 0.2) is 12.4 Å². The van der Waals surface area contributed by atoms with E-state index in [-0.39, 0.29) is 29.3 Å². The van der Waals surface area contributed by atoms with Gasteiger partial charge in [-0.2, -0.15) is 0 Å². The third kappa shape index (κ3) is 5.64. The minimum Gasteiger partial charge on any atom is -0.456 e. The van der Waals surface area contributed by atoms with E-state index in [9.17, 15) is 18.0 Å². The largest absolute Gasteiger partial charge is 0.456 e. The number of esters is 1. The number of rotatable bonds is 8. The quantitative estimate of drug-likeness (QED) is 0.636. The summed E-state index contributed by atoms with van der Waals surface area (Å²) in [4.78, 5) is 23.5. The summed E-state index contributed by atoms with van der Waals surface area (Å²) in [5.74, 6) is -1.01. The number of nitrogens with zero attached hydrogens (tertiary/aromatic N) is 1. The molecule has 0 aliphatic heterocycles. The summed E-state index contributed by atoms with van der Waals surface area (Å²) in [6.07, 6.45) is -0.223. The van der Waals surface area contributed by atoms with Gasteiger partial charge in [0.25, 0.3) is 5.91 Å². The summed E-state index contributed by atoms with van der Waals surface area (Å²) >= 11 is 0. The van der Waals surface area contributed by atoms with E-state index in [2.05, 4.69) is 15.2 Å². The first kappa shape index (κ1) is 21.6. The molecule has 9 nitrogen and oxygen atoms in total. The fourth-order valence-corrected chi connectivity index (χ4v) is 3.81. The van der Waals surface area contributed by atoms with Crippen LogP contribution < -0.4 is 10.0 Å². The zero-order chi connectivity index (χ0) is 20.9. The molecule has 0 spiro atoms. The smallest absolute Gasteiger partial charge is 0.307 e. The van der Waals surface area contributed by atoms with Crippen LogP contribution in [0, 0.1) is 27.7 Å². The Morgan fingerprint density at radius 1 is 1.14 bits per heavy atom. The Bertz CT molecular complexity index is 962. The number of aromatic nitrogens is 1. The highest BCUT2D eigenvalue weighted by molar-refractivity contribution is 7.89. The van der Waals surface area contributed by atoms with Crippen molar-refractivity contribution in [3.8, 4) is 0 Å². The fraction of sp³-hybridized carbons (Fsp3) is 0.389. The lowest BCUT2D eigenvalue weighted by atomic mass is 10.1. The molecule has 0 aliphatic carbocycles. The Labute approximate surface area is 163 Å². The Hall–Kier alpha value is -2.72. The lowest BCUT2D eigenvalue weighted by Crippen LogP contribution is -2.28. The molecule has 0 atom stereocenters. The first-order valence-corrected chi connectivity index (χ1v) is 10.0. The highest BCUT2D eigenvalue weighted by Gasteiger charge is 2.24. The van der Waals surface area contributed by atoms with Gasteiger partial charge in [0, 0.05) is 12.2 Å². The van der Waals surface area contributed by atoms with Crippen molar-refractivity contribution in [2.45, 2.75) is 39.0 Å². The molecular weight excluding hydrogens is 386 g/mol. The predicted octanol–water partition coefficient (Wildman–Crippen LogP) is 1.76. The number of carbonyl (C=O) groups is 2. The molecule has 28 heavy (non-hydrogen) atoms. The lowest BCUT2D eigenvalue weighted by molar-refractivity contribution is -0.147. The van der Waals surface area contributed by atoms with Crippen LogP contribution in [0.15, 0.2) is 27.6 Å². The molecule has 0 aliphatic rings. The van der Waals surface area contributed by atoms with Gasteiger partial charge in [-0.3, -0.25) is 9.59 Å². The number of aryl methyl sites for hydroxylation is 4. The van der Waals surface area contributed by atoms with Gasteiger partial charge in [0.2, 0.25) is 10.0 Å². The van der Waals surface area contributed by atoms with Crippen LogP contribution in [0.2, 0.25) is 0 Å². The molecule has 2 aromatic rings. The predicted molar refractivity (Wildman–Crippen MR) is 101 cm³/mol. The standard InChI is InChI=1S/C18H23N3O6S/c1-11-5-6-15(9-12(11)2)20-16(22)10-26-17(23)7-8-19-28(24,25)18-13(3)21-27-14(18)4/h5-6,9,19H,7-8,10H2,1-4H3,(H,20,22). The van der Waals surface area contributed by atoms with Crippen LogP contribution in [0.5, 0.6) is 0 Å². The van der Waals surface area contributed by atoms with Crippen LogP contribution in [-0.4, -0.2) is 38.6 Å². The van der Waals surface area contributed by atoms with Gasteiger partial charge in [0.05, 0.1) is 6.42 Å². The number of anilines is 1. The SMILES string of the molecule is Cc1ccc(NC(=O)COC(=O)CCNS(=O)(=O)c2c(C)noc2C)cc1C. The Balaban J connectivity index is 1.76. The van der Waals surface area contributed by atoms with Crippen molar-refractivity contribution in [1.82, 2.24) is 9.88 Å². The van der Waals surface area contributed by atoms with E-state index in [1.807, 2.05) is 26.0 Å². The second kappa shape index (κ2) is 8.98. The van der Waals surface area contributed by atoms with Crippen molar-refractivity contribution >= 4 is 27.6 Å². The molecule has 0 bridgehead atoms. The highest BCUT2D eigenvalue weighted by atomic mass is 32.2. The van der Waals surface area contributed by atoms with Gasteiger partial charge in [-0.05, 0) is 51.0 Å². The third-order valence-corrected chi connectivity index (χ3v) is 5.72. The van der Waals surface area contributed by atoms with Gasteiger partial charge in [-0.15, -0.1) is 0 Å². The van der Waals surface area contributed by atoms with Crippen LogP contribution >= 0.6 is 0 Å². The van der Waals surface area contributed by atoms with Crippen LogP contribution in [0.25, 0.3) is 0 Å². The maximum Gasteiger partial charge on any atom is 0.307 e. The van der Waals surface area contributed by atoms with Crippen LogP contribution in [0.3, 0.4) is 0 Å². The number of amides is 1. The van der Waals surface area contributed by atoms with Gasteiger partial charge in [-0.25, -0.2) is 13.1 Å². The molecular formula is C18H23N3O6S. The van der Waals surface area contributed by atoms with Crippen molar-refractivity contribution in [2.75, 3.05) is 18.5 Å². The highest BCUT2D eigenvalue weighted by Crippen LogP contribution is 2.18. The zero-order valence-corrected chi connectivity index (χ0v) is 17.0. The van der Waals surface area contributed by atoms with E-state index < -0.39 is 28.5 Å². The summed E-state index contributed by atoms with van der Waals surface area (Å²) in [5.41, 5.74) is 2.97. The van der Waals surface area contributed by atoms with Gasteiger partial charge in [0.1, 0.15) is 10.6 Å². The fourth-order valence-electron chi connectivity index (χ4n) is 2.45. The Kier molecular flexibility index (Phi) is 6.92. The van der Waals surface area contributed by atoms with Crippen molar-refractivity contribution in [1.29, 1.82) is 0 Å². The van der Waals surface area contributed by atoms with Gasteiger partial charge >= 0.3 is 5.97 Å². The average Bonchev–Trinajstić information content (AvgIpc) is 2.95. The topological polar surface area (TPSA) is 128 Å². The molecule has 2 N–H and O–H groups in total. The molecule has 10 heteroatoms. The van der Waals surface area contributed by atoms with Crippen LogP contribution in [0.1, 0.15) is 29.0 Å². The third-order valence-electron chi connectivity index (χ3n) is 4.01. The lowest BCUT2D eigenvalue weighted by Gasteiger charge is -2.09. The monoisotopic (exact) mass is 409 g/mol. The Morgan fingerprint density at radius 2 is 1.86 bits per heavy atom. The summed E-state index contributed by atoms with van der Waals surface area (Å²) in [6, 6.07) is 5.45. The molecule has 0 saturated carbocycles. The van der Waals surface area contributed by atoms with Crippen molar-refractivity contribution < 1.29 is 27.3 Å². The minimum atomic E-state index is -3.85. The summed E-state index contributed by atoms with van der Waals surface area (Å²) in [7, 11) is -3.85. The molecule has 1 aromatic carbocycles. The van der Waals surface area contributed by atoms with Gasteiger partial charge < -0.3 is 14.6 Å².